The maximum absolute atomic E-state index is 15.1. The highest BCUT2D eigenvalue weighted by Crippen LogP contribution is 2.45. The van der Waals surface area contributed by atoms with Gasteiger partial charge in [-0.25, -0.2) is 9.37 Å². The maximum atomic E-state index is 15.1. The minimum Gasteiger partial charge on any atom is -0.489 e. The van der Waals surface area contributed by atoms with Crippen LogP contribution in [0.15, 0.2) is 30.9 Å². The Hall–Kier alpha value is -3.41. The third kappa shape index (κ3) is 5.09. The molecule has 3 aliphatic rings. The van der Waals surface area contributed by atoms with Crippen molar-refractivity contribution in [1.82, 2.24) is 19.7 Å². The Kier molecular flexibility index (Phi) is 8.16. The predicted molar refractivity (Wildman–Crippen MR) is 151 cm³/mol. The van der Waals surface area contributed by atoms with Crippen molar-refractivity contribution in [3.63, 3.8) is 0 Å². The predicted octanol–water partition coefficient (Wildman–Crippen LogP) is 2.51. The number of nitrogen functional groups attached to an aromatic ring is 1. The van der Waals surface area contributed by atoms with Crippen LogP contribution in [0, 0.1) is 5.82 Å². The van der Waals surface area contributed by atoms with Crippen LogP contribution in [0.4, 0.5) is 15.9 Å². The summed E-state index contributed by atoms with van der Waals surface area (Å²) in [4.78, 5) is 39.1. The molecular weight excluding hydrogens is 539 g/mol. The minimum absolute atomic E-state index is 0.0224. The molecule has 0 saturated carbocycles. The SMILES string of the molecule is C=CC(=O)N1CCN2C(=O)c3c(N4CCN(CCOC)C[C@@H]4C)nc(-c4c(N)cccc4F)c(Cl)c3OC[C@H]2C1. The molecule has 0 bridgehead atoms. The summed E-state index contributed by atoms with van der Waals surface area (Å²) in [5.74, 6) is -0.527. The largest absolute Gasteiger partial charge is 0.489 e. The normalized spacial score (nSPS) is 21.4. The van der Waals surface area contributed by atoms with E-state index < -0.39 is 11.9 Å². The van der Waals surface area contributed by atoms with Crippen LogP contribution in [0.25, 0.3) is 11.3 Å². The molecule has 1 aromatic carbocycles. The Bertz CT molecular complexity index is 1310. The summed E-state index contributed by atoms with van der Waals surface area (Å²) in [7, 11) is 1.68. The van der Waals surface area contributed by atoms with E-state index in [4.69, 9.17) is 31.8 Å². The number of piperazine rings is 2. The van der Waals surface area contributed by atoms with E-state index in [1.807, 2.05) is 0 Å². The molecule has 12 heteroatoms. The van der Waals surface area contributed by atoms with Gasteiger partial charge in [0.25, 0.3) is 5.91 Å². The maximum Gasteiger partial charge on any atom is 0.261 e. The quantitative estimate of drug-likeness (QED) is 0.416. The van der Waals surface area contributed by atoms with Crippen molar-refractivity contribution in [3.05, 3.63) is 47.3 Å². The molecule has 0 spiro atoms. The Morgan fingerprint density at radius 1 is 1.25 bits per heavy atom. The zero-order valence-electron chi connectivity index (χ0n) is 22.7. The molecule has 2 aromatic rings. The van der Waals surface area contributed by atoms with Crippen molar-refractivity contribution in [2.45, 2.75) is 19.0 Å². The average molecular weight is 573 g/mol. The molecule has 2 N–H and O–H groups in total. The third-order valence-electron chi connectivity index (χ3n) is 7.82. The molecule has 0 unspecified atom stereocenters. The van der Waals surface area contributed by atoms with Crippen LogP contribution in [-0.4, -0.2) is 110 Å². The fourth-order valence-electron chi connectivity index (χ4n) is 5.71. The number of benzene rings is 1. The van der Waals surface area contributed by atoms with E-state index in [1.54, 1.807) is 23.0 Å². The first-order valence-electron chi connectivity index (χ1n) is 13.4. The van der Waals surface area contributed by atoms with Gasteiger partial charge in [-0.15, -0.1) is 0 Å². The van der Waals surface area contributed by atoms with E-state index in [-0.39, 0.29) is 57.7 Å². The Balaban J connectivity index is 1.61. The third-order valence-corrected chi connectivity index (χ3v) is 8.17. The van der Waals surface area contributed by atoms with Gasteiger partial charge in [0.2, 0.25) is 5.91 Å². The number of carbonyl (C=O) groups excluding carboxylic acids is 2. The summed E-state index contributed by atoms with van der Waals surface area (Å²) in [5, 5.41) is 0.0224. The van der Waals surface area contributed by atoms with Crippen LogP contribution in [0.3, 0.4) is 0 Å². The first-order valence-corrected chi connectivity index (χ1v) is 13.7. The number of methoxy groups -OCH3 is 1. The highest BCUT2D eigenvalue weighted by Gasteiger charge is 2.41. The van der Waals surface area contributed by atoms with Crippen LogP contribution in [-0.2, 0) is 9.53 Å². The molecule has 2 atom stereocenters. The van der Waals surface area contributed by atoms with Gasteiger partial charge in [0.05, 0.1) is 18.2 Å². The molecule has 0 radical (unpaired) electrons. The molecule has 214 valence electrons. The minimum atomic E-state index is -0.575. The molecule has 10 nitrogen and oxygen atoms in total. The van der Waals surface area contributed by atoms with Crippen molar-refractivity contribution in [2.24, 2.45) is 0 Å². The van der Waals surface area contributed by atoms with Crippen molar-refractivity contribution in [1.29, 1.82) is 0 Å². The zero-order valence-corrected chi connectivity index (χ0v) is 23.5. The van der Waals surface area contributed by atoms with Crippen LogP contribution >= 0.6 is 11.6 Å². The van der Waals surface area contributed by atoms with Crippen molar-refractivity contribution in [3.8, 4) is 17.0 Å². The first kappa shape index (κ1) is 28.1. The second-order valence-corrected chi connectivity index (χ2v) is 10.7. The second kappa shape index (κ2) is 11.6. The van der Waals surface area contributed by atoms with Gasteiger partial charge in [0.15, 0.2) is 5.75 Å². The summed E-state index contributed by atoms with van der Waals surface area (Å²) in [6.07, 6.45) is 1.27. The van der Waals surface area contributed by atoms with E-state index in [9.17, 15) is 9.59 Å². The van der Waals surface area contributed by atoms with E-state index in [2.05, 4.69) is 23.3 Å². The lowest BCUT2D eigenvalue weighted by Crippen LogP contribution is -2.57. The first-order chi connectivity index (χ1) is 19.2. The molecular formula is C28H34ClFN6O4. The van der Waals surface area contributed by atoms with E-state index >= 15 is 4.39 Å². The number of ether oxygens (including phenoxy) is 2. The topological polar surface area (TPSA) is 104 Å². The van der Waals surface area contributed by atoms with Crippen LogP contribution < -0.4 is 15.4 Å². The van der Waals surface area contributed by atoms with Gasteiger partial charge < -0.3 is 29.9 Å². The highest BCUT2D eigenvalue weighted by atomic mass is 35.5. The number of amides is 2. The Morgan fingerprint density at radius 3 is 2.73 bits per heavy atom. The van der Waals surface area contributed by atoms with Crippen LogP contribution in [0.2, 0.25) is 5.02 Å². The lowest BCUT2D eigenvalue weighted by Gasteiger charge is -2.42. The van der Waals surface area contributed by atoms with Gasteiger partial charge in [-0.2, -0.15) is 0 Å². The van der Waals surface area contributed by atoms with Gasteiger partial charge in [-0.1, -0.05) is 24.2 Å². The number of halogens is 2. The number of hydrogen-bond acceptors (Lipinski definition) is 8. The number of hydrogen-bond donors (Lipinski definition) is 1. The van der Waals surface area contributed by atoms with Crippen molar-refractivity contribution in [2.75, 3.05) is 76.8 Å². The Morgan fingerprint density at radius 2 is 2.02 bits per heavy atom. The van der Waals surface area contributed by atoms with Crippen LogP contribution in [0.1, 0.15) is 17.3 Å². The number of nitrogens with two attached hydrogens (primary N) is 1. The van der Waals surface area contributed by atoms with Gasteiger partial charge in [0.1, 0.15) is 34.5 Å². The number of anilines is 2. The monoisotopic (exact) mass is 572 g/mol. The second-order valence-electron chi connectivity index (χ2n) is 10.3. The number of fused-ring (bicyclic) bond motifs is 2. The summed E-state index contributed by atoms with van der Waals surface area (Å²) in [5.41, 5.74) is 6.79. The zero-order chi connectivity index (χ0) is 28.6. The molecule has 3 aliphatic heterocycles. The number of carbonyl (C=O) groups is 2. The number of aromatic nitrogens is 1. The number of rotatable bonds is 6. The van der Waals surface area contributed by atoms with Crippen molar-refractivity contribution >= 4 is 34.9 Å². The fraction of sp³-hybridized carbons (Fsp3) is 0.464. The fourth-order valence-corrected chi connectivity index (χ4v) is 6.00. The molecule has 40 heavy (non-hydrogen) atoms. The number of nitrogens with zero attached hydrogens (tertiary/aromatic N) is 5. The molecule has 2 amide bonds. The van der Waals surface area contributed by atoms with Gasteiger partial charge >= 0.3 is 0 Å². The average Bonchev–Trinajstić information content (AvgIpc) is 3.09. The van der Waals surface area contributed by atoms with Crippen LogP contribution in [0.5, 0.6) is 5.75 Å². The highest BCUT2D eigenvalue weighted by molar-refractivity contribution is 6.35. The van der Waals surface area contributed by atoms with Gasteiger partial charge in [-0.05, 0) is 25.1 Å². The summed E-state index contributed by atoms with van der Waals surface area (Å²) < 4.78 is 26.6. The Labute approximate surface area is 238 Å². The number of pyridine rings is 1. The summed E-state index contributed by atoms with van der Waals surface area (Å²) >= 11 is 6.87. The van der Waals surface area contributed by atoms with Crippen molar-refractivity contribution < 1.29 is 23.5 Å². The molecule has 1 aromatic heterocycles. The lowest BCUT2D eigenvalue weighted by molar-refractivity contribution is -0.128. The molecule has 4 heterocycles. The standard InChI is InChI=1S/C28H34ClFN6O4/c1-4-21(37)34-9-11-36-18(15-34)16-40-26-23(28(36)38)27(35-10-8-33(12-13-39-3)14-17(35)2)32-25(24(26)29)22-19(30)6-5-7-20(22)31/h4-7,17-18H,1,8-16,31H2,2-3H3/t17-,18+/m0/s1. The molecule has 2 fully saturated rings. The van der Waals surface area contributed by atoms with E-state index in [1.165, 1.54) is 18.2 Å². The summed E-state index contributed by atoms with van der Waals surface area (Å²) in [6, 6.07) is 3.97. The van der Waals surface area contributed by atoms with Gasteiger partial charge in [-0.3, -0.25) is 14.5 Å². The van der Waals surface area contributed by atoms with E-state index in [0.29, 0.717) is 38.6 Å². The van der Waals surface area contributed by atoms with E-state index in [0.717, 1.165) is 19.6 Å². The smallest absolute Gasteiger partial charge is 0.261 e. The molecule has 0 aliphatic carbocycles. The molecule has 2 saturated heterocycles. The lowest BCUT2D eigenvalue weighted by atomic mass is 10.0. The molecule has 5 rings (SSSR count). The van der Waals surface area contributed by atoms with Gasteiger partial charge in [0, 0.05) is 64.7 Å². The summed E-state index contributed by atoms with van der Waals surface area (Å²) in [6.45, 7) is 10.2.